The highest BCUT2D eigenvalue weighted by Crippen LogP contribution is 2.50. The van der Waals surface area contributed by atoms with Crippen LogP contribution >= 0.6 is 15.9 Å². The first-order chi connectivity index (χ1) is 13.8. The second kappa shape index (κ2) is 6.62. The van der Waals surface area contributed by atoms with Gasteiger partial charge in [0.1, 0.15) is 11.5 Å². The lowest BCUT2D eigenvalue weighted by atomic mass is 9.84. The van der Waals surface area contributed by atoms with Gasteiger partial charge in [-0.05, 0) is 55.5 Å². The lowest BCUT2D eigenvalue weighted by Gasteiger charge is -2.38. The first kappa shape index (κ1) is 18.7. The van der Waals surface area contributed by atoms with Crippen LogP contribution in [0.15, 0.2) is 52.5 Å². The number of carbonyl (C=O) groups excluding carboxylic acids is 1. The van der Waals surface area contributed by atoms with Crippen molar-refractivity contribution in [3.05, 3.63) is 63.6 Å². The van der Waals surface area contributed by atoms with Gasteiger partial charge in [0, 0.05) is 27.7 Å². The van der Waals surface area contributed by atoms with E-state index in [0.29, 0.717) is 25.7 Å². The van der Waals surface area contributed by atoms with Crippen molar-refractivity contribution in [2.24, 2.45) is 0 Å². The molecule has 3 nitrogen and oxygen atoms in total. The first-order valence-electron chi connectivity index (χ1n) is 9.51. The van der Waals surface area contributed by atoms with E-state index in [0.717, 1.165) is 43.1 Å². The van der Waals surface area contributed by atoms with Crippen molar-refractivity contribution in [2.75, 3.05) is 0 Å². The van der Waals surface area contributed by atoms with Crippen LogP contribution in [0.25, 0.3) is 5.57 Å². The monoisotopic (exact) mass is 463 g/mol. The van der Waals surface area contributed by atoms with E-state index in [4.69, 9.17) is 4.74 Å². The molecule has 150 valence electrons. The molecule has 2 aromatic carbocycles. The molecule has 1 amide bonds. The van der Waals surface area contributed by atoms with Gasteiger partial charge in [-0.3, -0.25) is 4.79 Å². The summed E-state index contributed by atoms with van der Waals surface area (Å²) in [5.74, 6) is -0.241. The molecular formula is C22H17BrF3NO2. The Kier molecular flexibility index (Phi) is 4.28. The third kappa shape index (κ3) is 3.06. The Morgan fingerprint density at radius 3 is 2.34 bits per heavy atom. The van der Waals surface area contributed by atoms with E-state index in [1.54, 1.807) is 0 Å². The highest BCUT2D eigenvalue weighted by Gasteiger charge is 2.51. The number of para-hydroxylation sites is 1. The number of carbonyl (C=O) groups is 1. The van der Waals surface area contributed by atoms with Gasteiger partial charge >= 0.3 is 12.1 Å². The molecule has 0 radical (unpaired) electrons. The zero-order valence-corrected chi connectivity index (χ0v) is 16.9. The predicted octanol–water partition coefficient (Wildman–Crippen LogP) is 6.07. The van der Waals surface area contributed by atoms with Gasteiger partial charge in [-0.15, -0.1) is 0 Å². The van der Waals surface area contributed by atoms with E-state index in [9.17, 15) is 18.0 Å². The number of fused-ring (bicyclic) bond motifs is 4. The standard InChI is InChI=1S/C22H17BrF3NO2/c23-13-5-8-17-19(11-13)29-18-4-2-1-3-16(18)20(17)12-9-14-6-7-15(10-12)27(14)21(28)22(24,25)26/h1-5,8,11,14-15H,6-7,9-10H2. The lowest BCUT2D eigenvalue weighted by Crippen LogP contribution is -2.50. The van der Waals surface area contributed by atoms with E-state index < -0.39 is 24.2 Å². The van der Waals surface area contributed by atoms with E-state index in [1.165, 1.54) is 0 Å². The molecule has 0 aliphatic carbocycles. The molecular weight excluding hydrogens is 447 g/mol. The van der Waals surface area contributed by atoms with Gasteiger partial charge in [-0.1, -0.05) is 39.7 Å². The molecule has 2 saturated heterocycles. The van der Waals surface area contributed by atoms with Gasteiger partial charge in [0.25, 0.3) is 0 Å². The summed E-state index contributed by atoms with van der Waals surface area (Å²) in [4.78, 5) is 13.0. The van der Waals surface area contributed by atoms with Crippen molar-refractivity contribution in [1.82, 2.24) is 4.90 Å². The number of alkyl halides is 3. The third-order valence-electron chi connectivity index (χ3n) is 6.00. The van der Waals surface area contributed by atoms with Crippen LogP contribution in [0.4, 0.5) is 13.2 Å². The van der Waals surface area contributed by atoms with Gasteiger partial charge in [-0.25, -0.2) is 0 Å². The van der Waals surface area contributed by atoms with E-state index in [2.05, 4.69) is 15.9 Å². The molecule has 2 atom stereocenters. The number of piperidine rings is 1. The second-order valence-corrected chi connectivity index (χ2v) is 8.64. The summed E-state index contributed by atoms with van der Waals surface area (Å²) < 4.78 is 46.2. The normalized spacial score (nSPS) is 22.8. The molecule has 7 heteroatoms. The fourth-order valence-corrected chi connectivity index (χ4v) is 5.23. The molecule has 0 N–H and O–H groups in total. The number of hydrogen-bond acceptors (Lipinski definition) is 2. The Hall–Kier alpha value is -2.28. The zero-order chi connectivity index (χ0) is 20.3. The predicted molar refractivity (Wildman–Crippen MR) is 106 cm³/mol. The molecule has 2 unspecified atom stereocenters. The fraction of sp³-hybridized carbons (Fsp3) is 0.318. The highest BCUT2D eigenvalue weighted by atomic mass is 79.9. The molecule has 5 rings (SSSR count). The van der Waals surface area contributed by atoms with E-state index >= 15 is 0 Å². The highest BCUT2D eigenvalue weighted by molar-refractivity contribution is 9.10. The van der Waals surface area contributed by atoms with Gasteiger partial charge in [-0.2, -0.15) is 13.2 Å². The number of hydrogen-bond donors (Lipinski definition) is 0. The average Bonchev–Trinajstić information content (AvgIpc) is 2.93. The van der Waals surface area contributed by atoms with E-state index in [-0.39, 0.29) is 0 Å². The molecule has 3 aliphatic heterocycles. The van der Waals surface area contributed by atoms with Crippen LogP contribution in [-0.2, 0) is 4.79 Å². The van der Waals surface area contributed by atoms with Crippen LogP contribution in [0.2, 0.25) is 0 Å². The minimum atomic E-state index is -4.82. The minimum absolute atomic E-state index is 0.403. The Labute approximate surface area is 174 Å². The summed E-state index contributed by atoms with van der Waals surface area (Å²) in [5, 5.41) is 0. The van der Waals surface area contributed by atoms with Crippen LogP contribution in [0.5, 0.6) is 11.5 Å². The largest absolute Gasteiger partial charge is 0.471 e. The third-order valence-corrected chi connectivity index (χ3v) is 6.50. The van der Waals surface area contributed by atoms with Crippen LogP contribution in [0, 0.1) is 0 Å². The van der Waals surface area contributed by atoms with Crippen molar-refractivity contribution in [3.63, 3.8) is 0 Å². The van der Waals surface area contributed by atoms with Crippen LogP contribution in [-0.4, -0.2) is 29.1 Å². The summed E-state index contributed by atoms with van der Waals surface area (Å²) in [6, 6.07) is 12.7. The summed E-state index contributed by atoms with van der Waals surface area (Å²) in [7, 11) is 0. The van der Waals surface area contributed by atoms with Crippen molar-refractivity contribution in [3.8, 4) is 11.5 Å². The smallest absolute Gasteiger partial charge is 0.456 e. The average molecular weight is 464 g/mol. The summed E-state index contributed by atoms with van der Waals surface area (Å²) in [6.45, 7) is 0. The number of nitrogens with zero attached hydrogens (tertiary/aromatic N) is 1. The molecule has 2 bridgehead atoms. The Morgan fingerprint density at radius 2 is 1.66 bits per heavy atom. The van der Waals surface area contributed by atoms with Crippen LogP contribution in [0.3, 0.4) is 0 Å². The quantitative estimate of drug-likeness (QED) is 0.404. The van der Waals surface area contributed by atoms with Crippen molar-refractivity contribution in [1.29, 1.82) is 0 Å². The number of halogens is 4. The summed E-state index contributed by atoms with van der Waals surface area (Å²) in [6.07, 6.45) is -2.70. The molecule has 0 saturated carbocycles. The molecule has 29 heavy (non-hydrogen) atoms. The SMILES string of the molecule is O=C(N1C2CCC1CC(=C1c3ccccc3Oc3cc(Br)ccc31)C2)C(F)(F)F. The maximum absolute atomic E-state index is 13.1. The Morgan fingerprint density at radius 1 is 1.00 bits per heavy atom. The van der Waals surface area contributed by atoms with Crippen molar-refractivity contribution < 1.29 is 22.7 Å². The van der Waals surface area contributed by atoms with Crippen LogP contribution in [0.1, 0.15) is 36.8 Å². The number of rotatable bonds is 0. The maximum atomic E-state index is 13.1. The topological polar surface area (TPSA) is 29.5 Å². The summed E-state index contributed by atoms with van der Waals surface area (Å²) >= 11 is 3.47. The zero-order valence-electron chi connectivity index (χ0n) is 15.3. The fourth-order valence-electron chi connectivity index (χ4n) is 4.89. The molecule has 2 fully saturated rings. The molecule has 0 spiro atoms. The molecule has 2 aromatic rings. The second-order valence-electron chi connectivity index (χ2n) is 7.72. The van der Waals surface area contributed by atoms with Crippen molar-refractivity contribution >= 4 is 27.4 Å². The molecule has 3 heterocycles. The number of benzene rings is 2. The van der Waals surface area contributed by atoms with Gasteiger partial charge < -0.3 is 9.64 Å². The Bertz CT molecular complexity index is 1030. The van der Waals surface area contributed by atoms with Gasteiger partial charge in [0.2, 0.25) is 0 Å². The Balaban J connectivity index is 1.61. The molecule has 3 aliphatic rings. The minimum Gasteiger partial charge on any atom is -0.456 e. The maximum Gasteiger partial charge on any atom is 0.471 e. The molecule has 0 aromatic heterocycles. The number of ether oxygens (including phenoxy) is 1. The number of amides is 1. The van der Waals surface area contributed by atoms with E-state index in [1.807, 2.05) is 42.5 Å². The van der Waals surface area contributed by atoms with Gasteiger partial charge in [0.15, 0.2) is 0 Å². The summed E-state index contributed by atoms with van der Waals surface area (Å²) in [5.41, 5.74) is 4.03. The van der Waals surface area contributed by atoms with Crippen LogP contribution < -0.4 is 4.74 Å². The van der Waals surface area contributed by atoms with Crippen molar-refractivity contribution in [2.45, 2.75) is 43.9 Å². The first-order valence-corrected chi connectivity index (χ1v) is 10.3. The lowest BCUT2D eigenvalue weighted by molar-refractivity contribution is -0.189. The van der Waals surface area contributed by atoms with Gasteiger partial charge in [0.05, 0.1) is 0 Å².